The average molecular weight is 250 g/mol. The highest BCUT2D eigenvalue weighted by Crippen LogP contribution is 2.24. The van der Waals surface area contributed by atoms with E-state index >= 15 is 0 Å². The molecule has 4 heteroatoms. The summed E-state index contributed by atoms with van der Waals surface area (Å²) >= 11 is 0. The summed E-state index contributed by atoms with van der Waals surface area (Å²) in [4.78, 5) is 11.0. The van der Waals surface area contributed by atoms with Crippen LogP contribution in [0.15, 0.2) is 30.3 Å². The topological polar surface area (TPSA) is 44.8 Å². The van der Waals surface area contributed by atoms with Gasteiger partial charge in [0, 0.05) is 12.8 Å². The quantitative estimate of drug-likeness (QED) is 0.764. The fraction of sp³-hybridized carbons (Fsp3) is 0.500. The Balaban J connectivity index is 2.08. The van der Waals surface area contributed by atoms with Gasteiger partial charge in [-0.2, -0.15) is 0 Å². The van der Waals surface area contributed by atoms with E-state index in [1.54, 1.807) is 0 Å². The third-order valence-electron chi connectivity index (χ3n) is 2.98. The minimum absolute atomic E-state index is 0.0235. The maximum absolute atomic E-state index is 11.0. The Kier molecular flexibility index (Phi) is 4.73. The van der Waals surface area contributed by atoms with Gasteiger partial charge in [0.15, 0.2) is 0 Å². The highest BCUT2D eigenvalue weighted by atomic mass is 16.6. The second-order valence-corrected chi connectivity index (χ2v) is 4.30. The highest BCUT2D eigenvalue weighted by Gasteiger charge is 2.27. The van der Waals surface area contributed by atoms with Gasteiger partial charge in [-0.1, -0.05) is 30.3 Å². The van der Waals surface area contributed by atoms with Crippen LogP contribution in [0.2, 0.25) is 0 Å². The second kappa shape index (κ2) is 6.52. The fourth-order valence-electron chi connectivity index (χ4n) is 2.06. The molecule has 2 rings (SSSR count). The molecule has 18 heavy (non-hydrogen) atoms. The van der Waals surface area contributed by atoms with Crippen LogP contribution < -0.4 is 0 Å². The van der Waals surface area contributed by atoms with Crippen LogP contribution in [0.3, 0.4) is 0 Å². The van der Waals surface area contributed by atoms with Crippen LogP contribution in [0.25, 0.3) is 0 Å². The summed E-state index contributed by atoms with van der Waals surface area (Å²) in [5, 5.41) is 0. The third-order valence-corrected chi connectivity index (χ3v) is 2.98. The zero-order valence-corrected chi connectivity index (χ0v) is 10.5. The van der Waals surface area contributed by atoms with Crippen molar-refractivity contribution in [2.24, 2.45) is 0 Å². The molecule has 0 aliphatic carbocycles. The molecule has 0 saturated carbocycles. The Morgan fingerprint density at radius 1 is 1.39 bits per heavy atom. The van der Waals surface area contributed by atoms with Crippen molar-refractivity contribution in [2.45, 2.75) is 18.9 Å². The van der Waals surface area contributed by atoms with Crippen molar-refractivity contribution < 1.29 is 19.0 Å². The molecular formula is C14H18O4. The Morgan fingerprint density at radius 3 is 2.78 bits per heavy atom. The van der Waals surface area contributed by atoms with Crippen molar-refractivity contribution in [3.05, 3.63) is 35.9 Å². The van der Waals surface area contributed by atoms with Gasteiger partial charge < -0.3 is 14.2 Å². The summed E-state index contributed by atoms with van der Waals surface area (Å²) in [7, 11) is 0. The Bertz CT molecular complexity index is 371. The molecule has 2 atom stereocenters. The SMILES string of the molecule is CC(=O)OCC(c1ccccc1)C1COCCO1. The highest BCUT2D eigenvalue weighted by molar-refractivity contribution is 5.65. The van der Waals surface area contributed by atoms with Gasteiger partial charge in [0.2, 0.25) is 0 Å². The molecule has 0 N–H and O–H groups in total. The van der Waals surface area contributed by atoms with Gasteiger partial charge in [-0.3, -0.25) is 4.79 Å². The van der Waals surface area contributed by atoms with Gasteiger partial charge in [0.1, 0.15) is 6.61 Å². The number of hydrogen-bond acceptors (Lipinski definition) is 4. The minimum atomic E-state index is -0.271. The molecule has 0 amide bonds. The molecule has 1 saturated heterocycles. The lowest BCUT2D eigenvalue weighted by atomic mass is 9.94. The predicted molar refractivity (Wildman–Crippen MR) is 66.4 cm³/mol. The van der Waals surface area contributed by atoms with Crippen LogP contribution in [0.4, 0.5) is 0 Å². The Hall–Kier alpha value is -1.39. The summed E-state index contributed by atoms with van der Waals surface area (Å²) < 4.78 is 16.3. The number of benzene rings is 1. The monoisotopic (exact) mass is 250 g/mol. The lowest BCUT2D eigenvalue weighted by molar-refractivity contribution is -0.145. The maximum Gasteiger partial charge on any atom is 0.302 e. The van der Waals surface area contributed by atoms with Crippen molar-refractivity contribution in [1.82, 2.24) is 0 Å². The molecule has 1 heterocycles. The van der Waals surface area contributed by atoms with Crippen LogP contribution in [-0.2, 0) is 19.0 Å². The van der Waals surface area contributed by atoms with E-state index in [-0.39, 0.29) is 18.0 Å². The molecule has 1 aromatic carbocycles. The first-order chi connectivity index (χ1) is 8.77. The first-order valence-electron chi connectivity index (χ1n) is 6.15. The summed E-state index contributed by atoms with van der Waals surface area (Å²) in [6.45, 7) is 3.51. The van der Waals surface area contributed by atoms with Gasteiger partial charge >= 0.3 is 5.97 Å². The van der Waals surface area contributed by atoms with E-state index in [1.807, 2.05) is 30.3 Å². The van der Waals surface area contributed by atoms with E-state index < -0.39 is 0 Å². The lowest BCUT2D eigenvalue weighted by Gasteiger charge is -2.30. The van der Waals surface area contributed by atoms with E-state index in [2.05, 4.69) is 0 Å². The number of ether oxygens (including phenoxy) is 3. The van der Waals surface area contributed by atoms with Crippen molar-refractivity contribution >= 4 is 5.97 Å². The van der Waals surface area contributed by atoms with Gasteiger partial charge in [-0.05, 0) is 5.56 Å². The standard InChI is InChI=1S/C14H18O4/c1-11(15)18-9-13(12-5-3-2-4-6-12)14-10-16-7-8-17-14/h2-6,13-14H,7-10H2,1H3. The maximum atomic E-state index is 11.0. The van der Waals surface area contributed by atoms with Crippen LogP contribution >= 0.6 is 0 Å². The lowest BCUT2D eigenvalue weighted by Crippen LogP contribution is -2.36. The largest absolute Gasteiger partial charge is 0.465 e. The number of esters is 1. The minimum Gasteiger partial charge on any atom is -0.465 e. The van der Waals surface area contributed by atoms with Crippen molar-refractivity contribution in [2.75, 3.05) is 26.4 Å². The Labute approximate surface area is 107 Å². The molecule has 2 unspecified atom stereocenters. The van der Waals surface area contributed by atoms with E-state index in [0.717, 1.165) is 5.56 Å². The predicted octanol–water partition coefficient (Wildman–Crippen LogP) is 1.75. The molecule has 0 aromatic heterocycles. The van der Waals surface area contributed by atoms with Gasteiger partial charge in [-0.15, -0.1) is 0 Å². The van der Waals surface area contributed by atoms with Gasteiger partial charge in [0.25, 0.3) is 0 Å². The van der Waals surface area contributed by atoms with E-state index in [9.17, 15) is 4.79 Å². The summed E-state index contributed by atoms with van der Waals surface area (Å²) in [5.41, 5.74) is 1.11. The second-order valence-electron chi connectivity index (χ2n) is 4.30. The normalized spacial score (nSPS) is 21.3. The molecule has 1 aliphatic rings. The molecule has 0 bridgehead atoms. The molecule has 4 nitrogen and oxygen atoms in total. The first-order valence-corrected chi connectivity index (χ1v) is 6.15. The molecule has 0 spiro atoms. The van der Waals surface area contributed by atoms with E-state index in [4.69, 9.17) is 14.2 Å². The molecule has 0 radical (unpaired) electrons. The van der Waals surface area contributed by atoms with Crippen molar-refractivity contribution in [3.8, 4) is 0 Å². The summed E-state index contributed by atoms with van der Waals surface area (Å²) in [6, 6.07) is 9.95. The van der Waals surface area contributed by atoms with Crippen LogP contribution in [0, 0.1) is 0 Å². The number of rotatable bonds is 4. The number of carbonyl (C=O) groups is 1. The van der Waals surface area contributed by atoms with E-state index in [1.165, 1.54) is 6.92 Å². The molecule has 1 fully saturated rings. The summed E-state index contributed by atoms with van der Waals surface area (Å²) in [6.07, 6.45) is -0.0551. The summed E-state index contributed by atoms with van der Waals surface area (Å²) in [5.74, 6) is -0.247. The van der Waals surface area contributed by atoms with Crippen LogP contribution in [-0.4, -0.2) is 38.5 Å². The first kappa shape index (κ1) is 13.1. The van der Waals surface area contributed by atoms with E-state index in [0.29, 0.717) is 26.4 Å². The fourth-order valence-corrected chi connectivity index (χ4v) is 2.06. The van der Waals surface area contributed by atoms with Crippen molar-refractivity contribution in [3.63, 3.8) is 0 Å². The number of carbonyl (C=O) groups excluding carboxylic acids is 1. The van der Waals surface area contributed by atoms with Crippen LogP contribution in [0.5, 0.6) is 0 Å². The van der Waals surface area contributed by atoms with Gasteiger partial charge in [0.05, 0.1) is 25.9 Å². The van der Waals surface area contributed by atoms with Crippen LogP contribution in [0.1, 0.15) is 18.4 Å². The average Bonchev–Trinajstić information content (AvgIpc) is 2.41. The smallest absolute Gasteiger partial charge is 0.302 e. The van der Waals surface area contributed by atoms with Crippen molar-refractivity contribution in [1.29, 1.82) is 0 Å². The Morgan fingerprint density at radius 2 is 2.17 bits per heavy atom. The molecular weight excluding hydrogens is 232 g/mol. The van der Waals surface area contributed by atoms with Gasteiger partial charge in [-0.25, -0.2) is 0 Å². The zero-order chi connectivity index (χ0) is 12.8. The molecule has 1 aromatic rings. The number of hydrogen-bond donors (Lipinski definition) is 0. The molecule has 98 valence electrons. The molecule has 1 aliphatic heterocycles. The third kappa shape index (κ3) is 3.55. The zero-order valence-electron chi connectivity index (χ0n) is 10.5.